The minimum absolute atomic E-state index is 0.0131. The topological polar surface area (TPSA) is 62.6 Å². The number of carbonyl (C=O) groups is 1. The van der Waals surface area contributed by atoms with Gasteiger partial charge in [0, 0.05) is 22.1 Å². The first-order valence-corrected chi connectivity index (χ1v) is 11.2. The number of hydrogen-bond acceptors (Lipinski definition) is 4. The molecule has 1 aromatic heterocycles. The molecule has 7 heteroatoms. The Bertz CT molecular complexity index is 1110. The van der Waals surface area contributed by atoms with Gasteiger partial charge >= 0.3 is 0 Å². The number of rotatable bonds is 5. The van der Waals surface area contributed by atoms with Crippen LogP contribution in [-0.2, 0) is 0 Å². The summed E-state index contributed by atoms with van der Waals surface area (Å²) < 4.78 is 6.49. The standard InChI is InChI=1S/C23H22BrClN2O3/c24-16-6-9-18-20(28)13-22(30-21(18)12-16)23(29)26-14-19(27-10-2-1-3-11-27)15-4-7-17(25)8-5-15/h4-9,12-13,19H,1-3,10-11,14H2,(H,26,29)/t19-/m0/s1. The van der Waals surface area contributed by atoms with Crippen LogP contribution >= 0.6 is 27.5 Å². The summed E-state index contributed by atoms with van der Waals surface area (Å²) in [5.41, 5.74) is 1.25. The summed E-state index contributed by atoms with van der Waals surface area (Å²) in [6.45, 7) is 2.39. The second kappa shape index (κ2) is 9.33. The van der Waals surface area contributed by atoms with Gasteiger partial charge in [-0.2, -0.15) is 0 Å². The van der Waals surface area contributed by atoms with Crippen molar-refractivity contribution in [2.24, 2.45) is 0 Å². The van der Waals surface area contributed by atoms with Crippen LogP contribution in [0.1, 0.15) is 41.4 Å². The zero-order valence-electron chi connectivity index (χ0n) is 16.4. The molecule has 4 rings (SSSR count). The summed E-state index contributed by atoms with van der Waals surface area (Å²) in [5.74, 6) is -0.385. The Morgan fingerprint density at radius 1 is 1.10 bits per heavy atom. The van der Waals surface area contributed by atoms with Crippen molar-refractivity contribution in [3.8, 4) is 0 Å². The quantitative estimate of drug-likeness (QED) is 0.537. The molecular formula is C23H22BrClN2O3. The summed E-state index contributed by atoms with van der Waals surface area (Å²) in [5, 5.41) is 4.09. The molecule has 1 atom stereocenters. The molecule has 2 heterocycles. The van der Waals surface area contributed by atoms with Crippen LogP contribution in [0.15, 0.2) is 62.2 Å². The first-order valence-electron chi connectivity index (χ1n) is 10.0. The summed E-state index contributed by atoms with van der Waals surface area (Å²) in [4.78, 5) is 27.6. The van der Waals surface area contributed by atoms with E-state index in [2.05, 4.69) is 26.1 Å². The maximum atomic E-state index is 12.8. The molecule has 30 heavy (non-hydrogen) atoms. The van der Waals surface area contributed by atoms with E-state index in [0.29, 0.717) is 22.5 Å². The van der Waals surface area contributed by atoms with Gasteiger partial charge in [-0.1, -0.05) is 46.1 Å². The van der Waals surface area contributed by atoms with Crippen molar-refractivity contribution in [1.29, 1.82) is 0 Å². The average molecular weight is 490 g/mol. The Hall–Kier alpha value is -2.15. The Morgan fingerprint density at radius 3 is 2.57 bits per heavy atom. The predicted molar refractivity (Wildman–Crippen MR) is 122 cm³/mol. The minimum atomic E-state index is -0.398. The Morgan fingerprint density at radius 2 is 1.83 bits per heavy atom. The average Bonchev–Trinajstić information content (AvgIpc) is 2.75. The van der Waals surface area contributed by atoms with Crippen molar-refractivity contribution < 1.29 is 9.21 Å². The number of nitrogens with one attached hydrogen (secondary N) is 1. The molecule has 1 aliphatic heterocycles. The van der Waals surface area contributed by atoms with Crippen LogP contribution in [0.2, 0.25) is 5.02 Å². The number of nitrogens with zero attached hydrogens (tertiary/aromatic N) is 1. The molecule has 1 amide bonds. The van der Waals surface area contributed by atoms with E-state index in [1.165, 1.54) is 12.5 Å². The summed E-state index contributed by atoms with van der Waals surface area (Å²) in [7, 11) is 0. The highest BCUT2D eigenvalue weighted by Crippen LogP contribution is 2.25. The third-order valence-corrected chi connectivity index (χ3v) is 6.20. The molecule has 1 aliphatic rings. The van der Waals surface area contributed by atoms with Crippen LogP contribution in [0.3, 0.4) is 0 Å². The van der Waals surface area contributed by atoms with Crippen molar-refractivity contribution in [2.45, 2.75) is 25.3 Å². The van der Waals surface area contributed by atoms with Gasteiger partial charge < -0.3 is 9.73 Å². The van der Waals surface area contributed by atoms with Gasteiger partial charge in [-0.15, -0.1) is 0 Å². The van der Waals surface area contributed by atoms with Gasteiger partial charge in [0.25, 0.3) is 5.91 Å². The van der Waals surface area contributed by atoms with Crippen LogP contribution < -0.4 is 10.7 Å². The number of carbonyl (C=O) groups excluding carboxylic acids is 1. The number of hydrogen-bond donors (Lipinski definition) is 1. The van der Waals surface area contributed by atoms with Crippen LogP contribution in [0.5, 0.6) is 0 Å². The van der Waals surface area contributed by atoms with Crippen LogP contribution in [0.4, 0.5) is 0 Å². The van der Waals surface area contributed by atoms with Crippen molar-refractivity contribution in [3.05, 3.63) is 79.6 Å². The summed E-state index contributed by atoms with van der Waals surface area (Å²) in [6, 6.07) is 14.2. The zero-order chi connectivity index (χ0) is 21.1. The SMILES string of the molecule is O=C(NC[C@@H](c1ccc(Cl)cc1)N1CCCCC1)c1cc(=O)c2ccc(Br)cc2o1. The third-order valence-electron chi connectivity index (χ3n) is 5.46. The summed E-state index contributed by atoms with van der Waals surface area (Å²) in [6.07, 6.45) is 3.52. The van der Waals surface area contributed by atoms with E-state index < -0.39 is 5.91 Å². The fourth-order valence-electron chi connectivity index (χ4n) is 3.89. The highest BCUT2D eigenvalue weighted by Gasteiger charge is 2.23. The molecule has 1 fully saturated rings. The molecule has 156 valence electrons. The van der Waals surface area contributed by atoms with E-state index in [1.807, 2.05) is 24.3 Å². The van der Waals surface area contributed by atoms with Gasteiger partial charge in [-0.05, 0) is 61.8 Å². The van der Waals surface area contributed by atoms with Gasteiger partial charge in [0.05, 0.1) is 11.4 Å². The smallest absolute Gasteiger partial charge is 0.287 e. The van der Waals surface area contributed by atoms with Crippen LogP contribution in [0, 0.1) is 0 Å². The van der Waals surface area contributed by atoms with E-state index in [4.69, 9.17) is 16.0 Å². The van der Waals surface area contributed by atoms with Gasteiger partial charge in [0.15, 0.2) is 11.2 Å². The lowest BCUT2D eigenvalue weighted by atomic mass is 10.0. The normalized spacial score (nSPS) is 15.8. The molecule has 0 spiro atoms. The zero-order valence-corrected chi connectivity index (χ0v) is 18.7. The molecule has 0 aliphatic carbocycles. The van der Waals surface area contributed by atoms with Crippen molar-refractivity contribution in [3.63, 3.8) is 0 Å². The van der Waals surface area contributed by atoms with E-state index in [-0.39, 0.29) is 17.2 Å². The Kier molecular flexibility index (Phi) is 6.56. The molecule has 0 radical (unpaired) electrons. The van der Waals surface area contributed by atoms with Crippen LogP contribution in [0.25, 0.3) is 11.0 Å². The Labute approximate surface area is 188 Å². The second-order valence-electron chi connectivity index (χ2n) is 7.49. The third kappa shape index (κ3) is 4.77. The lowest BCUT2D eigenvalue weighted by Gasteiger charge is -2.35. The molecule has 0 saturated carbocycles. The fraction of sp³-hybridized carbons (Fsp3) is 0.304. The maximum Gasteiger partial charge on any atom is 0.287 e. The molecule has 1 N–H and O–H groups in total. The first-order chi connectivity index (χ1) is 14.5. The lowest BCUT2D eigenvalue weighted by Crippen LogP contribution is -2.40. The van der Waals surface area contributed by atoms with E-state index in [9.17, 15) is 9.59 Å². The van der Waals surface area contributed by atoms with Crippen molar-refractivity contribution >= 4 is 44.4 Å². The van der Waals surface area contributed by atoms with Crippen molar-refractivity contribution in [1.82, 2.24) is 10.2 Å². The molecule has 0 bridgehead atoms. The second-order valence-corrected chi connectivity index (χ2v) is 8.84. The number of amides is 1. The number of piperidine rings is 1. The van der Waals surface area contributed by atoms with Crippen LogP contribution in [-0.4, -0.2) is 30.4 Å². The molecule has 3 aromatic rings. The number of likely N-dealkylation sites (tertiary alicyclic amines) is 1. The molecular weight excluding hydrogens is 468 g/mol. The molecule has 5 nitrogen and oxygen atoms in total. The van der Waals surface area contributed by atoms with Gasteiger partial charge in [0.1, 0.15) is 5.58 Å². The minimum Gasteiger partial charge on any atom is -0.451 e. The predicted octanol–water partition coefficient (Wildman–Crippen LogP) is 5.17. The molecule has 2 aromatic carbocycles. The highest BCUT2D eigenvalue weighted by atomic mass is 79.9. The largest absolute Gasteiger partial charge is 0.451 e. The Balaban J connectivity index is 1.55. The monoisotopic (exact) mass is 488 g/mol. The molecule has 1 saturated heterocycles. The highest BCUT2D eigenvalue weighted by molar-refractivity contribution is 9.10. The lowest BCUT2D eigenvalue weighted by molar-refractivity contribution is 0.0897. The summed E-state index contributed by atoms with van der Waals surface area (Å²) >= 11 is 9.42. The first kappa shape index (κ1) is 21.1. The maximum absolute atomic E-state index is 12.8. The number of benzene rings is 2. The number of fused-ring (bicyclic) bond motifs is 1. The fourth-order valence-corrected chi connectivity index (χ4v) is 4.36. The van der Waals surface area contributed by atoms with Gasteiger partial charge in [-0.25, -0.2) is 0 Å². The van der Waals surface area contributed by atoms with Gasteiger partial charge in [0.2, 0.25) is 0 Å². The van der Waals surface area contributed by atoms with Gasteiger partial charge in [-0.3, -0.25) is 14.5 Å². The van der Waals surface area contributed by atoms with E-state index in [0.717, 1.165) is 36.0 Å². The number of halogens is 2. The van der Waals surface area contributed by atoms with E-state index >= 15 is 0 Å². The molecule has 0 unspecified atom stereocenters. The van der Waals surface area contributed by atoms with Crippen molar-refractivity contribution in [2.75, 3.05) is 19.6 Å². The van der Waals surface area contributed by atoms with E-state index in [1.54, 1.807) is 18.2 Å².